The molecule has 1 aromatic heterocycles. The molecule has 1 saturated heterocycles. The van der Waals surface area contributed by atoms with Gasteiger partial charge in [0.1, 0.15) is 0 Å². The fraction of sp³-hybridized carbons (Fsp3) is 0.273. The molecule has 2 aromatic carbocycles. The molecule has 10 heteroatoms. The minimum Gasteiger partial charge on any atom is -0.338 e. The van der Waals surface area contributed by atoms with Crippen LogP contribution < -0.4 is 0 Å². The van der Waals surface area contributed by atoms with E-state index < -0.39 is 11.6 Å². The minimum absolute atomic E-state index is 0.0849. The maximum Gasteiger partial charge on any atom is 0.255 e. The van der Waals surface area contributed by atoms with Crippen LogP contribution in [0.25, 0.3) is 0 Å². The third-order valence-electron chi connectivity index (χ3n) is 5.06. The molecule has 1 aliphatic heterocycles. The van der Waals surface area contributed by atoms with Crippen LogP contribution in [0.4, 0.5) is 8.78 Å². The Kier molecular flexibility index (Phi) is 6.50. The normalized spacial score (nSPS) is 14.0. The number of aryl methyl sites for hydroxylation is 1. The summed E-state index contributed by atoms with van der Waals surface area (Å²) in [5.41, 5.74) is 0.649. The summed E-state index contributed by atoms with van der Waals surface area (Å²) in [6.45, 7) is 3.04. The summed E-state index contributed by atoms with van der Waals surface area (Å²) in [4.78, 5) is 33.9. The zero-order chi connectivity index (χ0) is 22.7. The molecule has 0 spiro atoms. The van der Waals surface area contributed by atoms with Crippen molar-refractivity contribution in [3.63, 3.8) is 0 Å². The van der Waals surface area contributed by atoms with Crippen LogP contribution in [0.1, 0.15) is 32.4 Å². The number of hydrogen-bond acceptors (Lipinski definition) is 6. The van der Waals surface area contributed by atoms with Gasteiger partial charge in [0.25, 0.3) is 11.8 Å². The lowest BCUT2D eigenvalue weighted by Gasteiger charge is -2.35. The second-order valence-electron chi connectivity index (χ2n) is 7.23. The van der Waals surface area contributed by atoms with Crippen molar-refractivity contribution in [1.82, 2.24) is 19.9 Å². The average Bonchev–Trinajstić information content (AvgIpc) is 3.24. The first-order valence-electron chi connectivity index (χ1n) is 9.97. The second kappa shape index (κ2) is 9.47. The van der Waals surface area contributed by atoms with Gasteiger partial charge in [-0.25, -0.2) is 8.78 Å². The molecular weight excluding hydrogens is 438 g/mol. The fourth-order valence-corrected chi connectivity index (χ4v) is 4.28. The predicted octanol–water partition coefficient (Wildman–Crippen LogP) is 3.55. The Morgan fingerprint density at radius 1 is 1.00 bits per heavy atom. The molecule has 3 aromatic rings. The van der Waals surface area contributed by atoms with Gasteiger partial charge in [-0.15, -0.1) is 11.8 Å². The first-order valence-corrected chi connectivity index (χ1v) is 11.0. The molecule has 0 atom stereocenters. The molecular formula is C22H20F2N4O3S. The van der Waals surface area contributed by atoms with Crippen LogP contribution in [-0.2, 0) is 5.75 Å². The Hall–Kier alpha value is -3.27. The molecule has 2 heterocycles. The van der Waals surface area contributed by atoms with E-state index in [1.165, 1.54) is 22.7 Å². The largest absolute Gasteiger partial charge is 0.338 e. The Morgan fingerprint density at radius 3 is 2.34 bits per heavy atom. The Balaban J connectivity index is 1.39. The molecule has 0 bridgehead atoms. The van der Waals surface area contributed by atoms with Gasteiger partial charge in [0.05, 0.1) is 11.3 Å². The molecule has 4 rings (SSSR count). The van der Waals surface area contributed by atoms with Gasteiger partial charge in [0.15, 0.2) is 17.5 Å². The van der Waals surface area contributed by atoms with Crippen molar-refractivity contribution in [1.29, 1.82) is 0 Å². The number of amides is 2. The standard InChI is InChI=1S/C22H20F2N4O3S/c1-14-25-20(31-26-14)13-32-19-5-3-2-4-16(19)22(30)28-10-8-27(9-11-28)21(29)15-6-7-17(23)18(24)12-15/h2-7,12H,8-11,13H2,1H3. The number of carbonyl (C=O) groups excluding carboxylic acids is 2. The van der Waals surface area contributed by atoms with Crippen LogP contribution in [0.5, 0.6) is 0 Å². The number of rotatable bonds is 5. The van der Waals surface area contributed by atoms with E-state index in [2.05, 4.69) is 10.1 Å². The van der Waals surface area contributed by atoms with Crippen molar-refractivity contribution in [2.45, 2.75) is 17.6 Å². The molecule has 0 radical (unpaired) electrons. The highest BCUT2D eigenvalue weighted by Gasteiger charge is 2.27. The topological polar surface area (TPSA) is 79.5 Å². The van der Waals surface area contributed by atoms with Gasteiger partial charge in [-0.1, -0.05) is 17.3 Å². The average molecular weight is 458 g/mol. The lowest BCUT2D eigenvalue weighted by atomic mass is 10.1. The molecule has 1 fully saturated rings. The third kappa shape index (κ3) is 4.80. The number of thioether (sulfide) groups is 1. The van der Waals surface area contributed by atoms with Crippen molar-refractivity contribution in [3.05, 3.63) is 76.9 Å². The summed E-state index contributed by atoms with van der Waals surface area (Å²) in [7, 11) is 0. The summed E-state index contributed by atoms with van der Waals surface area (Å²) in [5.74, 6) is -1.09. The van der Waals surface area contributed by atoms with Crippen molar-refractivity contribution in [2.75, 3.05) is 26.2 Å². The molecule has 0 unspecified atom stereocenters. The monoisotopic (exact) mass is 458 g/mol. The van der Waals surface area contributed by atoms with Gasteiger partial charge in [0.2, 0.25) is 5.89 Å². The van der Waals surface area contributed by atoms with Gasteiger partial charge >= 0.3 is 0 Å². The highest BCUT2D eigenvalue weighted by Crippen LogP contribution is 2.27. The first-order chi connectivity index (χ1) is 15.4. The Morgan fingerprint density at radius 2 is 1.69 bits per heavy atom. The van der Waals surface area contributed by atoms with Crippen molar-refractivity contribution in [2.24, 2.45) is 0 Å². The number of halogens is 2. The number of piperazine rings is 1. The van der Waals surface area contributed by atoms with E-state index >= 15 is 0 Å². The quantitative estimate of drug-likeness (QED) is 0.544. The van der Waals surface area contributed by atoms with E-state index in [-0.39, 0.29) is 17.4 Å². The van der Waals surface area contributed by atoms with Crippen molar-refractivity contribution < 1.29 is 22.9 Å². The lowest BCUT2D eigenvalue weighted by Crippen LogP contribution is -2.50. The zero-order valence-corrected chi connectivity index (χ0v) is 18.1. The van der Waals surface area contributed by atoms with Crippen LogP contribution in [0, 0.1) is 18.6 Å². The van der Waals surface area contributed by atoms with Crippen molar-refractivity contribution in [3.8, 4) is 0 Å². The molecule has 0 saturated carbocycles. The summed E-state index contributed by atoms with van der Waals surface area (Å²) >= 11 is 1.44. The second-order valence-corrected chi connectivity index (χ2v) is 8.25. The summed E-state index contributed by atoms with van der Waals surface area (Å²) in [6, 6.07) is 10.4. The van der Waals surface area contributed by atoms with E-state index in [0.717, 1.165) is 17.0 Å². The number of benzene rings is 2. The molecule has 166 valence electrons. The Bertz CT molecular complexity index is 1150. The zero-order valence-electron chi connectivity index (χ0n) is 17.3. The smallest absolute Gasteiger partial charge is 0.255 e. The summed E-state index contributed by atoms with van der Waals surface area (Å²) in [5, 5.41) is 3.77. The molecule has 2 amide bonds. The van der Waals surface area contributed by atoms with Gasteiger partial charge < -0.3 is 14.3 Å². The van der Waals surface area contributed by atoms with Gasteiger partial charge in [-0.3, -0.25) is 9.59 Å². The van der Waals surface area contributed by atoms with E-state index in [0.29, 0.717) is 49.2 Å². The summed E-state index contributed by atoms with van der Waals surface area (Å²) < 4.78 is 31.7. The molecule has 0 aliphatic carbocycles. The number of hydrogen-bond donors (Lipinski definition) is 0. The summed E-state index contributed by atoms with van der Waals surface area (Å²) in [6.07, 6.45) is 0. The van der Waals surface area contributed by atoms with Crippen LogP contribution >= 0.6 is 11.8 Å². The van der Waals surface area contributed by atoms with Crippen LogP contribution in [0.2, 0.25) is 0 Å². The number of aromatic nitrogens is 2. The number of carbonyl (C=O) groups is 2. The van der Waals surface area contributed by atoms with E-state index in [1.54, 1.807) is 24.0 Å². The highest BCUT2D eigenvalue weighted by atomic mass is 32.2. The molecule has 1 aliphatic rings. The van der Waals surface area contributed by atoms with E-state index in [4.69, 9.17) is 4.52 Å². The van der Waals surface area contributed by atoms with Crippen LogP contribution in [0.3, 0.4) is 0 Å². The van der Waals surface area contributed by atoms with Crippen molar-refractivity contribution >= 4 is 23.6 Å². The van der Waals surface area contributed by atoms with E-state index in [1.807, 2.05) is 12.1 Å². The lowest BCUT2D eigenvalue weighted by molar-refractivity contribution is 0.0533. The first kappa shape index (κ1) is 21.9. The third-order valence-corrected chi connectivity index (χ3v) is 6.12. The maximum absolute atomic E-state index is 13.5. The van der Waals surface area contributed by atoms with Gasteiger partial charge in [-0.05, 0) is 37.3 Å². The van der Waals surface area contributed by atoms with Gasteiger partial charge in [0, 0.05) is 36.6 Å². The molecule has 7 nitrogen and oxygen atoms in total. The van der Waals surface area contributed by atoms with Gasteiger partial charge in [-0.2, -0.15) is 4.98 Å². The predicted molar refractivity (Wildman–Crippen MR) is 113 cm³/mol. The van der Waals surface area contributed by atoms with E-state index in [9.17, 15) is 18.4 Å². The number of nitrogens with zero attached hydrogens (tertiary/aromatic N) is 4. The van der Waals surface area contributed by atoms with Crippen LogP contribution in [-0.4, -0.2) is 57.9 Å². The van der Waals surface area contributed by atoms with Crippen LogP contribution in [0.15, 0.2) is 51.9 Å². The maximum atomic E-state index is 13.5. The highest BCUT2D eigenvalue weighted by molar-refractivity contribution is 7.98. The SMILES string of the molecule is Cc1noc(CSc2ccccc2C(=O)N2CCN(C(=O)c3ccc(F)c(F)c3)CC2)n1. The Labute approximate surface area is 187 Å². The molecule has 32 heavy (non-hydrogen) atoms. The molecule has 0 N–H and O–H groups in total. The fourth-order valence-electron chi connectivity index (χ4n) is 3.40. The minimum atomic E-state index is -1.06.